The van der Waals surface area contributed by atoms with Crippen molar-refractivity contribution in [2.75, 3.05) is 0 Å². The van der Waals surface area contributed by atoms with Crippen LogP contribution in [0.5, 0.6) is 0 Å². The molecule has 0 saturated carbocycles. The first-order valence-electron chi connectivity index (χ1n) is 3.76. The van der Waals surface area contributed by atoms with Crippen molar-refractivity contribution in [2.45, 2.75) is 12.8 Å². The number of carboxylic acids is 1. The normalized spacial score (nSPS) is 10.7. The lowest BCUT2D eigenvalue weighted by Crippen LogP contribution is -2.07. The van der Waals surface area contributed by atoms with Gasteiger partial charge in [-0.05, 0) is 44.6 Å². The molecule has 0 aliphatic carbocycles. The number of hydrogen-bond acceptors (Lipinski definition) is 2. The number of carbonyl (C=O) groups is 1. The molecule has 0 fully saturated rings. The topological polar surface area (TPSA) is 50.2 Å². The standard InChI is InChI=1S/C8H5BrF2INO2/c9-7-4(12)1-3(8(10)11)5(13-7)2-6(14)15/h1,8H,2H2,(H,14,15). The molecule has 7 heteroatoms. The van der Waals surface area contributed by atoms with Crippen LogP contribution in [0.1, 0.15) is 17.7 Å². The fraction of sp³-hybridized carbons (Fsp3) is 0.250. The second-order valence-electron chi connectivity index (χ2n) is 2.67. The summed E-state index contributed by atoms with van der Waals surface area (Å²) >= 11 is 4.91. The number of aromatic nitrogens is 1. The average molecular weight is 392 g/mol. The molecule has 0 unspecified atom stereocenters. The molecule has 0 radical (unpaired) electrons. The molecule has 1 aromatic rings. The van der Waals surface area contributed by atoms with E-state index in [1.165, 1.54) is 6.07 Å². The molecule has 0 bridgehead atoms. The van der Waals surface area contributed by atoms with Gasteiger partial charge in [0.2, 0.25) is 0 Å². The first kappa shape index (κ1) is 12.8. The summed E-state index contributed by atoms with van der Waals surface area (Å²) in [5, 5.41) is 8.53. The first-order valence-corrected chi connectivity index (χ1v) is 5.63. The Kier molecular flexibility index (Phi) is 4.38. The Bertz CT molecular complexity index is 400. The van der Waals surface area contributed by atoms with Gasteiger partial charge in [0.05, 0.1) is 12.1 Å². The summed E-state index contributed by atoms with van der Waals surface area (Å²) in [6, 6.07) is 1.24. The van der Waals surface area contributed by atoms with E-state index in [-0.39, 0.29) is 11.3 Å². The molecule has 0 aliphatic heterocycles. The Balaban J connectivity index is 3.21. The summed E-state index contributed by atoms with van der Waals surface area (Å²) in [5.74, 6) is -1.18. The van der Waals surface area contributed by atoms with Gasteiger partial charge < -0.3 is 5.11 Å². The number of rotatable bonds is 3. The van der Waals surface area contributed by atoms with Crippen LogP contribution in [0, 0.1) is 3.57 Å². The molecule has 0 aliphatic rings. The van der Waals surface area contributed by atoms with Gasteiger partial charge in [-0.3, -0.25) is 4.79 Å². The largest absolute Gasteiger partial charge is 0.481 e. The van der Waals surface area contributed by atoms with Crippen molar-refractivity contribution in [2.24, 2.45) is 0 Å². The predicted octanol–water partition coefficient (Wildman–Crippen LogP) is 3.01. The Labute approximate surface area is 106 Å². The van der Waals surface area contributed by atoms with E-state index in [4.69, 9.17) is 5.11 Å². The van der Waals surface area contributed by atoms with Crippen molar-refractivity contribution in [1.82, 2.24) is 4.98 Å². The average Bonchev–Trinajstić information content (AvgIpc) is 2.09. The minimum atomic E-state index is -2.71. The minimum Gasteiger partial charge on any atom is -0.481 e. The molecule has 0 spiro atoms. The molecule has 1 rings (SSSR count). The number of aliphatic carboxylic acids is 1. The van der Waals surface area contributed by atoms with Gasteiger partial charge in [0, 0.05) is 9.13 Å². The molecule has 1 aromatic heterocycles. The number of nitrogens with zero attached hydrogens (tertiary/aromatic N) is 1. The van der Waals surface area contributed by atoms with Crippen LogP contribution in [0.3, 0.4) is 0 Å². The third-order valence-corrected chi connectivity index (χ3v) is 3.77. The predicted molar refractivity (Wildman–Crippen MR) is 61.0 cm³/mol. The van der Waals surface area contributed by atoms with E-state index in [1.54, 1.807) is 0 Å². The van der Waals surface area contributed by atoms with Crippen molar-refractivity contribution in [1.29, 1.82) is 0 Å². The SMILES string of the molecule is O=C(O)Cc1nc(Br)c(I)cc1C(F)F. The molecule has 0 aromatic carbocycles. The molecule has 3 nitrogen and oxygen atoms in total. The Morgan fingerprint density at radius 3 is 2.73 bits per heavy atom. The summed E-state index contributed by atoms with van der Waals surface area (Å²) in [6.45, 7) is 0. The molecule has 0 atom stereocenters. The second-order valence-corrected chi connectivity index (χ2v) is 4.58. The van der Waals surface area contributed by atoms with Gasteiger partial charge in [-0.15, -0.1) is 0 Å². The molecule has 0 saturated heterocycles. The fourth-order valence-corrected chi connectivity index (χ4v) is 1.77. The summed E-state index contributed by atoms with van der Waals surface area (Å²) < 4.78 is 26.0. The lowest BCUT2D eigenvalue weighted by atomic mass is 10.1. The summed E-state index contributed by atoms with van der Waals surface area (Å²) in [5.41, 5.74) is -0.435. The van der Waals surface area contributed by atoms with Gasteiger partial charge in [0.15, 0.2) is 0 Å². The second kappa shape index (κ2) is 5.15. The number of hydrogen-bond donors (Lipinski definition) is 1. The number of halogens is 4. The summed E-state index contributed by atoms with van der Waals surface area (Å²) in [7, 11) is 0. The minimum absolute atomic E-state index is 0.107. The molecule has 1 N–H and O–H groups in total. The Hall–Kier alpha value is -0.310. The fourth-order valence-electron chi connectivity index (χ4n) is 0.990. The highest BCUT2D eigenvalue weighted by molar-refractivity contribution is 14.1. The van der Waals surface area contributed by atoms with E-state index < -0.39 is 18.8 Å². The molecule has 0 amide bonds. The first-order chi connectivity index (χ1) is 6.91. The maximum atomic E-state index is 12.5. The van der Waals surface area contributed by atoms with Gasteiger partial charge in [-0.25, -0.2) is 13.8 Å². The van der Waals surface area contributed by atoms with Crippen LogP contribution in [-0.2, 0) is 11.2 Å². The van der Waals surface area contributed by atoms with Crippen molar-refractivity contribution in [3.8, 4) is 0 Å². The van der Waals surface area contributed by atoms with E-state index in [9.17, 15) is 13.6 Å². The van der Waals surface area contributed by atoms with Crippen LogP contribution in [0.4, 0.5) is 8.78 Å². The number of carboxylic acid groups (broad SMARTS) is 1. The highest BCUT2D eigenvalue weighted by Crippen LogP contribution is 2.27. The molecular formula is C8H5BrF2INO2. The molecule has 82 valence electrons. The zero-order valence-corrected chi connectivity index (χ0v) is 10.9. The Morgan fingerprint density at radius 1 is 1.67 bits per heavy atom. The zero-order chi connectivity index (χ0) is 11.6. The van der Waals surface area contributed by atoms with E-state index in [2.05, 4.69) is 20.9 Å². The summed E-state index contributed by atoms with van der Waals surface area (Å²) in [6.07, 6.45) is -3.22. The van der Waals surface area contributed by atoms with Crippen molar-refractivity contribution in [3.63, 3.8) is 0 Å². The zero-order valence-electron chi connectivity index (χ0n) is 7.18. The monoisotopic (exact) mass is 391 g/mol. The van der Waals surface area contributed by atoms with Crippen molar-refractivity contribution < 1.29 is 18.7 Å². The van der Waals surface area contributed by atoms with Gasteiger partial charge in [-0.2, -0.15) is 0 Å². The lowest BCUT2D eigenvalue weighted by molar-refractivity contribution is -0.136. The maximum absolute atomic E-state index is 12.5. The molecular weight excluding hydrogens is 387 g/mol. The quantitative estimate of drug-likeness (QED) is 0.636. The molecule has 1 heterocycles. The van der Waals surface area contributed by atoms with Gasteiger partial charge in [0.25, 0.3) is 6.43 Å². The van der Waals surface area contributed by atoms with E-state index in [0.717, 1.165) is 0 Å². The van der Waals surface area contributed by atoms with Crippen LogP contribution in [0.2, 0.25) is 0 Å². The van der Waals surface area contributed by atoms with Crippen LogP contribution in [-0.4, -0.2) is 16.1 Å². The smallest absolute Gasteiger partial charge is 0.309 e. The highest BCUT2D eigenvalue weighted by atomic mass is 127. The van der Waals surface area contributed by atoms with E-state index in [1.807, 2.05) is 22.6 Å². The summed E-state index contributed by atoms with van der Waals surface area (Å²) in [4.78, 5) is 14.2. The van der Waals surface area contributed by atoms with Gasteiger partial charge >= 0.3 is 5.97 Å². The van der Waals surface area contributed by atoms with Gasteiger partial charge in [0.1, 0.15) is 4.60 Å². The maximum Gasteiger partial charge on any atom is 0.309 e. The lowest BCUT2D eigenvalue weighted by Gasteiger charge is -2.07. The van der Waals surface area contributed by atoms with Gasteiger partial charge in [-0.1, -0.05) is 0 Å². The van der Waals surface area contributed by atoms with E-state index >= 15 is 0 Å². The highest BCUT2D eigenvalue weighted by Gasteiger charge is 2.18. The van der Waals surface area contributed by atoms with E-state index in [0.29, 0.717) is 8.17 Å². The third-order valence-electron chi connectivity index (χ3n) is 1.60. The molecule has 15 heavy (non-hydrogen) atoms. The van der Waals surface area contributed by atoms with Crippen LogP contribution >= 0.6 is 38.5 Å². The van der Waals surface area contributed by atoms with Crippen molar-refractivity contribution >= 4 is 44.5 Å². The van der Waals surface area contributed by atoms with Crippen LogP contribution in [0.25, 0.3) is 0 Å². The van der Waals surface area contributed by atoms with Crippen LogP contribution < -0.4 is 0 Å². The Morgan fingerprint density at radius 2 is 2.27 bits per heavy atom. The third kappa shape index (κ3) is 3.33. The van der Waals surface area contributed by atoms with Crippen molar-refractivity contribution in [3.05, 3.63) is 25.5 Å². The van der Waals surface area contributed by atoms with Crippen LogP contribution in [0.15, 0.2) is 10.7 Å². The number of alkyl halides is 2. The number of pyridine rings is 1.